The monoisotopic (exact) mass is 318 g/mol. The molecule has 0 amide bonds. The van der Waals surface area contributed by atoms with Crippen LogP contribution >= 0.6 is 11.6 Å². The van der Waals surface area contributed by atoms with Crippen LogP contribution in [0.2, 0.25) is 5.02 Å². The van der Waals surface area contributed by atoms with E-state index >= 15 is 0 Å². The molecule has 21 heavy (non-hydrogen) atoms. The Kier molecular flexibility index (Phi) is 6.10. The lowest BCUT2D eigenvalue weighted by Gasteiger charge is -2.10. The number of ketones is 1. The lowest BCUT2D eigenvalue weighted by molar-refractivity contribution is -0.145. The number of carboxylic acids is 1. The molecule has 1 aromatic rings. The standard InChI is InChI=1S/C13H12ClFO6/c1-2-20-13(19)6-21-11-3-7(9(15)4-8(11)14)10(16)5-12(17)18/h3-4H,2,5-6H2,1H3,(H,17,18). The van der Waals surface area contributed by atoms with Crippen molar-refractivity contribution in [3.05, 3.63) is 28.5 Å². The van der Waals surface area contributed by atoms with Gasteiger partial charge in [0.1, 0.15) is 18.0 Å². The van der Waals surface area contributed by atoms with Crippen molar-refractivity contribution in [2.24, 2.45) is 0 Å². The SMILES string of the molecule is CCOC(=O)COc1cc(C(=O)CC(=O)O)c(F)cc1Cl. The molecule has 0 fully saturated rings. The van der Waals surface area contributed by atoms with Gasteiger partial charge >= 0.3 is 11.9 Å². The molecule has 8 heteroatoms. The van der Waals surface area contributed by atoms with Crippen LogP contribution in [0.5, 0.6) is 5.75 Å². The van der Waals surface area contributed by atoms with Gasteiger partial charge in [0.05, 0.1) is 17.2 Å². The molecule has 0 aromatic heterocycles. The van der Waals surface area contributed by atoms with E-state index in [2.05, 4.69) is 4.74 Å². The number of esters is 1. The van der Waals surface area contributed by atoms with Gasteiger partial charge in [0.25, 0.3) is 0 Å². The maximum absolute atomic E-state index is 13.6. The second-order valence-corrected chi connectivity index (χ2v) is 4.26. The summed E-state index contributed by atoms with van der Waals surface area (Å²) in [5.41, 5.74) is -0.472. The Balaban J connectivity index is 2.93. The summed E-state index contributed by atoms with van der Waals surface area (Å²) in [5.74, 6) is -4.05. The Labute approximate surface area is 124 Å². The number of hydrogen-bond acceptors (Lipinski definition) is 5. The number of aliphatic carboxylic acids is 1. The van der Waals surface area contributed by atoms with Crippen LogP contribution < -0.4 is 4.74 Å². The van der Waals surface area contributed by atoms with E-state index < -0.39 is 42.1 Å². The Morgan fingerprint density at radius 3 is 2.57 bits per heavy atom. The van der Waals surface area contributed by atoms with Gasteiger partial charge < -0.3 is 14.6 Å². The second-order valence-electron chi connectivity index (χ2n) is 3.85. The summed E-state index contributed by atoms with van der Waals surface area (Å²) in [6.07, 6.45) is -0.865. The molecule has 0 bridgehead atoms. The Hall–Kier alpha value is -2.15. The topological polar surface area (TPSA) is 89.9 Å². The minimum Gasteiger partial charge on any atom is -0.481 e. The van der Waals surface area contributed by atoms with E-state index in [1.54, 1.807) is 6.92 Å². The molecule has 0 aliphatic heterocycles. The van der Waals surface area contributed by atoms with Crippen LogP contribution in [0.1, 0.15) is 23.7 Å². The Morgan fingerprint density at radius 2 is 2.00 bits per heavy atom. The first-order chi connectivity index (χ1) is 9.85. The van der Waals surface area contributed by atoms with E-state index in [1.807, 2.05) is 0 Å². The number of carbonyl (C=O) groups excluding carboxylic acids is 2. The summed E-state index contributed by atoms with van der Waals surface area (Å²) in [5, 5.41) is 8.38. The Bertz CT molecular complexity index is 572. The lowest BCUT2D eigenvalue weighted by atomic mass is 10.1. The van der Waals surface area contributed by atoms with Gasteiger partial charge in [-0.25, -0.2) is 9.18 Å². The zero-order valence-corrected chi connectivity index (χ0v) is 11.8. The van der Waals surface area contributed by atoms with Crippen molar-refractivity contribution in [1.82, 2.24) is 0 Å². The van der Waals surface area contributed by atoms with E-state index in [1.165, 1.54) is 0 Å². The number of ether oxygens (including phenoxy) is 2. The largest absolute Gasteiger partial charge is 0.481 e. The molecule has 114 valence electrons. The minimum atomic E-state index is -1.39. The van der Waals surface area contributed by atoms with Gasteiger partial charge in [0, 0.05) is 0 Å². The third-order valence-corrected chi connectivity index (χ3v) is 2.58. The van der Waals surface area contributed by atoms with Gasteiger partial charge in [-0.1, -0.05) is 11.6 Å². The first kappa shape index (κ1) is 16.9. The quantitative estimate of drug-likeness (QED) is 0.470. The Morgan fingerprint density at radius 1 is 1.33 bits per heavy atom. The number of halogens is 2. The van der Waals surface area contributed by atoms with E-state index in [0.29, 0.717) is 0 Å². The van der Waals surface area contributed by atoms with Gasteiger partial charge in [-0.05, 0) is 19.1 Å². The average Bonchev–Trinajstić information content (AvgIpc) is 2.37. The van der Waals surface area contributed by atoms with E-state index in [9.17, 15) is 18.8 Å². The van der Waals surface area contributed by atoms with Crippen LogP contribution in [-0.4, -0.2) is 36.0 Å². The van der Waals surface area contributed by atoms with Gasteiger partial charge in [0.2, 0.25) is 0 Å². The molecule has 0 saturated carbocycles. The van der Waals surface area contributed by atoms with Crippen molar-refractivity contribution in [2.75, 3.05) is 13.2 Å². The molecule has 0 spiro atoms. The molecule has 0 saturated heterocycles. The van der Waals surface area contributed by atoms with Gasteiger partial charge in [-0.3, -0.25) is 9.59 Å². The molecule has 0 heterocycles. The smallest absolute Gasteiger partial charge is 0.344 e. The van der Waals surface area contributed by atoms with Gasteiger partial charge in [-0.2, -0.15) is 0 Å². The van der Waals surface area contributed by atoms with E-state index in [4.69, 9.17) is 21.4 Å². The maximum atomic E-state index is 13.6. The third-order valence-electron chi connectivity index (χ3n) is 2.28. The number of hydrogen-bond donors (Lipinski definition) is 1. The zero-order valence-electron chi connectivity index (χ0n) is 11.0. The number of carbonyl (C=O) groups is 3. The van der Waals surface area contributed by atoms with Crippen molar-refractivity contribution < 1.29 is 33.4 Å². The normalized spacial score (nSPS) is 10.0. The summed E-state index contributed by atoms with van der Waals surface area (Å²) in [7, 11) is 0. The van der Waals surface area contributed by atoms with Crippen molar-refractivity contribution in [3.63, 3.8) is 0 Å². The van der Waals surface area contributed by atoms with Crippen LogP contribution in [0.25, 0.3) is 0 Å². The predicted molar refractivity (Wildman–Crippen MR) is 70.1 cm³/mol. The number of carboxylic acid groups (broad SMARTS) is 1. The number of rotatable bonds is 7. The highest BCUT2D eigenvalue weighted by Crippen LogP contribution is 2.28. The molecular weight excluding hydrogens is 307 g/mol. The first-order valence-electron chi connectivity index (χ1n) is 5.87. The molecule has 0 atom stereocenters. The molecule has 1 N–H and O–H groups in total. The van der Waals surface area contributed by atoms with E-state index in [0.717, 1.165) is 12.1 Å². The minimum absolute atomic E-state index is 0.111. The highest BCUT2D eigenvalue weighted by atomic mass is 35.5. The average molecular weight is 319 g/mol. The third kappa shape index (κ3) is 5.03. The first-order valence-corrected chi connectivity index (χ1v) is 6.25. The summed E-state index contributed by atoms with van der Waals surface area (Å²) in [6.45, 7) is 1.32. The summed E-state index contributed by atoms with van der Waals surface area (Å²) >= 11 is 5.73. The van der Waals surface area contributed by atoms with Crippen molar-refractivity contribution in [3.8, 4) is 5.75 Å². The van der Waals surface area contributed by atoms with Crippen LogP contribution in [0.4, 0.5) is 4.39 Å². The van der Waals surface area contributed by atoms with Crippen molar-refractivity contribution in [2.45, 2.75) is 13.3 Å². The van der Waals surface area contributed by atoms with Crippen LogP contribution in [0, 0.1) is 5.82 Å². The van der Waals surface area contributed by atoms with Crippen LogP contribution in [0.15, 0.2) is 12.1 Å². The molecule has 0 aliphatic rings. The summed E-state index contributed by atoms with van der Waals surface area (Å²) in [4.78, 5) is 33.2. The fourth-order valence-corrected chi connectivity index (χ4v) is 1.63. The molecule has 0 aliphatic carbocycles. The lowest BCUT2D eigenvalue weighted by Crippen LogP contribution is -2.15. The number of benzene rings is 1. The highest BCUT2D eigenvalue weighted by molar-refractivity contribution is 6.32. The predicted octanol–water partition coefficient (Wildman–Crippen LogP) is 2.08. The van der Waals surface area contributed by atoms with Crippen LogP contribution in [-0.2, 0) is 14.3 Å². The fraction of sp³-hybridized carbons (Fsp3) is 0.308. The molecule has 1 rings (SSSR count). The highest BCUT2D eigenvalue weighted by Gasteiger charge is 2.19. The molecule has 0 unspecified atom stereocenters. The molecule has 1 aromatic carbocycles. The second kappa shape index (κ2) is 7.58. The maximum Gasteiger partial charge on any atom is 0.344 e. The molecular formula is C13H12ClFO6. The fourth-order valence-electron chi connectivity index (χ4n) is 1.43. The van der Waals surface area contributed by atoms with E-state index in [-0.39, 0.29) is 17.4 Å². The summed E-state index contributed by atoms with van der Waals surface area (Å²) < 4.78 is 23.3. The van der Waals surface area contributed by atoms with Crippen molar-refractivity contribution in [1.29, 1.82) is 0 Å². The van der Waals surface area contributed by atoms with Gasteiger partial charge in [0.15, 0.2) is 12.4 Å². The molecule has 0 radical (unpaired) electrons. The number of Topliss-reactive ketones (excluding diaryl/α,β-unsaturated/α-hetero) is 1. The van der Waals surface area contributed by atoms with Gasteiger partial charge in [-0.15, -0.1) is 0 Å². The van der Waals surface area contributed by atoms with Crippen molar-refractivity contribution >= 4 is 29.3 Å². The molecule has 6 nitrogen and oxygen atoms in total. The summed E-state index contributed by atoms with van der Waals surface area (Å²) in [6, 6.07) is 1.78. The van der Waals surface area contributed by atoms with Crippen LogP contribution in [0.3, 0.4) is 0 Å². The zero-order chi connectivity index (χ0) is 16.0.